The molecule has 2 aromatic rings. The minimum absolute atomic E-state index is 0.199. The molecule has 0 aliphatic carbocycles. The lowest BCUT2D eigenvalue weighted by molar-refractivity contribution is -0.160. The van der Waals surface area contributed by atoms with Crippen molar-refractivity contribution in [2.75, 3.05) is 18.1 Å². The molecule has 0 N–H and O–H groups in total. The molecule has 0 saturated heterocycles. The molecule has 0 fully saturated rings. The zero-order chi connectivity index (χ0) is 23.8. The van der Waals surface area contributed by atoms with E-state index in [9.17, 15) is 14.4 Å². The molecule has 0 saturated carbocycles. The van der Waals surface area contributed by atoms with Crippen molar-refractivity contribution in [3.63, 3.8) is 0 Å². The summed E-state index contributed by atoms with van der Waals surface area (Å²) in [6.07, 6.45) is 1.52. The number of imide groups is 1. The number of hydrogen-bond donors (Lipinski definition) is 0. The first-order chi connectivity index (χ1) is 15.8. The molecule has 6 heteroatoms. The van der Waals surface area contributed by atoms with E-state index >= 15 is 0 Å². The van der Waals surface area contributed by atoms with Gasteiger partial charge in [-0.05, 0) is 32.0 Å². The summed E-state index contributed by atoms with van der Waals surface area (Å²) in [5.41, 5.74) is 0.922. The van der Waals surface area contributed by atoms with E-state index < -0.39 is 29.1 Å². The van der Waals surface area contributed by atoms with E-state index in [1.54, 1.807) is 45.0 Å². The van der Waals surface area contributed by atoms with Crippen LogP contribution in [0.2, 0.25) is 0 Å². The molecule has 6 nitrogen and oxygen atoms in total. The van der Waals surface area contributed by atoms with E-state index in [0.717, 1.165) is 16.9 Å². The van der Waals surface area contributed by atoms with Gasteiger partial charge >= 0.3 is 5.97 Å². The normalized spacial score (nSPS) is 25.9. The number of hydrogen-bond acceptors (Lipinski definition) is 5. The monoisotopic (exact) mass is 447 g/mol. The molecule has 0 spiro atoms. The Morgan fingerprint density at radius 2 is 1.76 bits per heavy atom. The SMILES string of the molecule is CCOC(=O)[C@@H]1[C@H]2COc3ccccc3[C@@H]2/C(C)=C\C(=O)N(c2ccccc2)C(=O)C1(C)C. The van der Waals surface area contributed by atoms with Crippen LogP contribution >= 0.6 is 0 Å². The van der Waals surface area contributed by atoms with Gasteiger partial charge in [0, 0.05) is 23.5 Å². The number of fused-ring (bicyclic) bond motifs is 3. The fourth-order valence-electron chi connectivity index (χ4n) is 5.18. The van der Waals surface area contributed by atoms with Crippen LogP contribution in [0.1, 0.15) is 39.2 Å². The fourth-order valence-corrected chi connectivity index (χ4v) is 5.18. The van der Waals surface area contributed by atoms with Gasteiger partial charge < -0.3 is 9.47 Å². The van der Waals surface area contributed by atoms with Crippen molar-refractivity contribution >= 4 is 23.5 Å². The second-order valence-corrected chi connectivity index (χ2v) is 9.14. The van der Waals surface area contributed by atoms with Crippen LogP contribution in [0, 0.1) is 17.3 Å². The van der Waals surface area contributed by atoms with Crippen molar-refractivity contribution in [2.24, 2.45) is 17.3 Å². The van der Waals surface area contributed by atoms with Gasteiger partial charge in [-0.15, -0.1) is 0 Å². The lowest BCUT2D eigenvalue weighted by Crippen LogP contribution is -2.52. The van der Waals surface area contributed by atoms with Crippen LogP contribution in [0.25, 0.3) is 0 Å². The summed E-state index contributed by atoms with van der Waals surface area (Å²) in [6.45, 7) is 7.51. The van der Waals surface area contributed by atoms with E-state index in [0.29, 0.717) is 5.69 Å². The molecule has 172 valence electrons. The molecule has 2 amide bonds. The molecule has 0 unspecified atom stereocenters. The molecule has 33 heavy (non-hydrogen) atoms. The molecular weight excluding hydrogens is 418 g/mol. The average molecular weight is 448 g/mol. The number of carbonyl (C=O) groups excluding carboxylic acids is 3. The van der Waals surface area contributed by atoms with Crippen LogP contribution in [0.4, 0.5) is 5.69 Å². The van der Waals surface area contributed by atoms with Crippen molar-refractivity contribution in [1.82, 2.24) is 0 Å². The number of esters is 1. The predicted molar refractivity (Wildman–Crippen MR) is 125 cm³/mol. The van der Waals surface area contributed by atoms with Crippen molar-refractivity contribution < 1.29 is 23.9 Å². The predicted octanol–water partition coefficient (Wildman–Crippen LogP) is 4.50. The van der Waals surface area contributed by atoms with Crippen molar-refractivity contribution in [1.29, 1.82) is 0 Å². The van der Waals surface area contributed by atoms with Gasteiger partial charge in [-0.2, -0.15) is 0 Å². The van der Waals surface area contributed by atoms with Crippen molar-refractivity contribution in [3.05, 3.63) is 71.8 Å². The highest BCUT2D eigenvalue weighted by Crippen LogP contribution is 2.50. The minimum atomic E-state index is -1.23. The van der Waals surface area contributed by atoms with Gasteiger partial charge in [-0.1, -0.05) is 55.8 Å². The number of rotatable bonds is 3. The zero-order valence-corrected chi connectivity index (χ0v) is 19.4. The van der Waals surface area contributed by atoms with Gasteiger partial charge in [0.05, 0.1) is 30.2 Å². The number of anilines is 1. The Morgan fingerprint density at radius 1 is 1.09 bits per heavy atom. The number of nitrogens with zero attached hydrogens (tertiary/aromatic N) is 1. The van der Waals surface area contributed by atoms with Gasteiger partial charge in [0.1, 0.15) is 5.75 Å². The van der Waals surface area contributed by atoms with Crippen LogP contribution in [0.5, 0.6) is 5.75 Å². The first-order valence-electron chi connectivity index (χ1n) is 11.3. The minimum Gasteiger partial charge on any atom is -0.493 e. The van der Waals surface area contributed by atoms with Crippen LogP contribution < -0.4 is 9.64 Å². The van der Waals surface area contributed by atoms with E-state index in [4.69, 9.17) is 9.47 Å². The van der Waals surface area contributed by atoms with Crippen molar-refractivity contribution in [3.8, 4) is 5.75 Å². The molecule has 2 aliphatic rings. The summed E-state index contributed by atoms with van der Waals surface area (Å²) >= 11 is 0. The molecule has 2 aromatic carbocycles. The third kappa shape index (κ3) is 3.94. The Labute approximate surface area is 194 Å². The maximum atomic E-state index is 14.0. The molecule has 2 heterocycles. The summed E-state index contributed by atoms with van der Waals surface area (Å²) in [5.74, 6) is -2.06. The Kier molecular flexibility index (Phi) is 6.11. The number of allylic oxidation sites excluding steroid dienone is 1. The van der Waals surface area contributed by atoms with E-state index in [1.165, 1.54) is 11.0 Å². The summed E-state index contributed by atoms with van der Waals surface area (Å²) in [6, 6.07) is 16.5. The summed E-state index contributed by atoms with van der Waals surface area (Å²) in [4.78, 5) is 42.0. The molecule has 3 atom stereocenters. The number of benzene rings is 2. The van der Waals surface area contributed by atoms with Gasteiger partial charge in [-0.3, -0.25) is 14.4 Å². The van der Waals surface area contributed by atoms with Crippen LogP contribution in [-0.4, -0.2) is 31.0 Å². The standard InChI is InChI=1S/C27H29NO5/c1-5-32-25(30)24-20-16-33-21-14-10-9-13-19(21)23(20)17(2)15-22(29)28(26(31)27(24,3)4)18-11-7-6-8-12-18/h6-15,20,23-24H,5,16H2,1-4H3/b17-15-/t20-,23-,24-/m0/s1. The van der Waals surface area contributed by atoms with E-state index in [2.05, 4.69) is 0 Å². The number of para-hydroxylation sites is 2. The second kappa shape index (κ2) is 8.85. The van der Waals surface area contributed by atoms with Gasteiger partial charge in [0.25, 0.3) is 5.91 Å². The second-order valence-electron chi connectivity index (χ2n) is 9.14. The lowest BCUT2D eigenvalue weighted by atomic mass is 9.64. The molecule has 2 aliphatic heterocycles. The Morgan fingerprint density at radius 3 is 2.45 bits per heavy atom. The number of ether oxygens (including phenoxy) is 2. The van der Waals surface area contributed by atoms with Crippen molar-refractivity contribution in [2.45, 2.75) is 33.6 Å². The third-order valence-electron chi connectivity index (χ3n) is 6.69. The first kappa shape index (κ1) is 22.8. The van der Waals surface area contributed by atoms with Gasteiger partial charge in [-0.25, -0.2) is 4.90 Å². The molecule has 4 rings (SSSR count). The summed E-state index contributed by atoms with van der Waals surface area (Å²) in [5, 5.41) is 0. The van der Waals surface area contributed by atoms with Crippen LogP contribution in [0.15, 0.2) is 66.2 Å². The maximum Gasteiger partial charge on any atom is 0.310 e. The highest BCUT2D eigenvalue weighted by molar-refractivity contribution is 6.21. The molecule has 0 radical (unpaired) electrons. The largest absolute Gasteiger partial charge is 0.493 e. The van der Waals surface area contributed by atoms with Gasteiger partial charge in [0.15, 0.2) is 0 Å². The molecule has 0 aromatic heterocycles. The number of carbonyl (C=O) groups is 3. The quantitative estimate of drug-likeness (QED) is 0.512. The molecular formula is C27H29NO5. The van der Waals surface area contributed by atoms with E-state index in [-0.39, 0.29) is 25.0 Å². The van der Waals surface area contributed by atoms with E-state index in [1.807, 2.05) is 37.3 Å². The van der Waals surface area contributed by atoms with Crippen LogP contribution in [0.3, 0.4) is 0 Å². The summed E-state index contributed by atoms with van der Waals surface area (Å²) in [7, 11) is 0. The zero-order valence-electron chi connectivity index (χ0n) is 19.4. The summed E-state index contributed by atoms with van der Waals surface area (Å²) < 4.78 is 11.5. The van der Waals surface area contributed by atoms with Crippen LogP contribution in [-0.2, 0) is 19.1 Å². The first-order valence-corrected chi connectivity index (χ1v) is 11.3. The number of amides is 2. The van der Waals surface area contributed by atoms with Gasteiger partial charge in [0.2, 0.25) is 5.91 Å². The highest BCUT2D eigenvalue weighted by Gasteiger charge is 2.54. The molecule has 0 bridgehead atoms. The Bertz CT molecular complexity index is 1100. The lowest BCUT2D eigenvalue weighted by Gasteiger charge is -2.43. The Balaban J connectivity index is 1.95. The fraction of sp³-hybridized carbons (Fsp3) is 0.370. The smallest absolute Gasteiger partial charge is 0.310 e. The topological polar surface area (TPSA) is 72.9 Å². The third-order valence-corrected chi connectivity index (χ3v) is 6.69. The highest BCUT2D eigenvalue weighted by atomic mass is 16.5. The average Bonchev–Trinajstić information content (AvgIpc) is 2.81. The maximum absolute atomic E-state index is 14.0. The Hall–Kier alpha value is -3.41.